The van der Waals surface area contributed by atoms with Gasteiger partial charge in [-0.2, -0.15) is 4.31 Å². The summed E-state index contributed by atoms with van der Waals surface area (Å²) in [5.74, 6) is -1.13. The van der Waals surface area contributed by atoms with Crippen LogP contribution >= 0.6 is 0 Å². The maximum absolute atomic E-state index is 12.9. The summed E-state index contributed by atoms with van der Waals surface area (Å²) in [7, 11) is -2.43. The number of benzene rings is 2. The molecule has 0 bridgehead atoms. The Kier molecular flexibility index (Phi) is 6.97. The molecule has 0 atom stereocenters. The van der Waals surface area contributed by atoms with Crippen LogP contribution in [0.1, 0.15) is 34.3 Å². The van der Waals surface area contributed by atoms with Crippen LogP contribution < -0.4 is 10.1 Å². The molecule has 1 aliphatic rings. The molecule has 166 valence electrons. The Balaban J connectivity index is 1.71. The molecule has 0 aromatic heterocycles. The van der Waals surface area contributed by atoms with Gasteiger partial charge in [0.25, 0.3) is 5.91 Å². The molecule has 0 saturated carbocycles. The number of carbonyl (C=O) groups is 2. The van der Waals surface area contributed by atoms with E-state index < -0.39 is 28.5 Å². The second kappa shape index (κ2) is 9.49. The van der Waals surface area contributed by atoms with Gasteiger partial charge in [-0.1, -0.05) is 17.7 Å². The van der Waals surface area contributed by atoms with Gasteiger partial charge in [0.1, 0.15) is 10.6 Å². The average Bonchev–Trinajstić information content (AvgIpc) is 3.29. The largest absolute Gasteiger partial charge is 0.495 e. The smallest absolute Gasteiger partial charge is 0.338 e. The number of nitrogens with zero attached hydrogens (tertiary/aromatic N) is 1. The highest BCUT2D eigenvalue weighted by Crippen LogP contribution is 2.30. The maximum Gasteiger partial charge on any atom is 0.338 e. The van der Waals surface area contributed by atoms with Crippen LogP contribution in [0.4, 0.5) is 5.69 Å². The van der Waals surface area contributed by atoms with E-state index in [2.05, 4.69) is 5.32 Å². The van der Waals surface area contributed by atoms with Gasteiger partial charge < -0.3 is 14.8 Å². The zero-order valence-corrected chi connectivity index (χ0v) is 18.6. The Morgan fingerprint density at radius 3 is 2.42 bits per heavy atom. The first-order valence-electron chi connectivity index (χ1n) is 9.95. The van der Waals surface area contributed by atoms with Crippen molar-refractivity contribution in [3.8, 4) is 5.75 Å². The summed E-state index contributed by atoms with van der Waals surface area (Å²) in [4.78, 5) is 24.5. The van der Waals surface area contributed by atoms with Gasteiger partial charge in [0.05, 0.1) is 12.7 Å². The molecule has 1 amide bonds. The van der Waals surface area contributed by atoms with Gasteiger partial charge in [-0.25, -0.2) is 13.2 Å². The van der Waals surface area contributed by atoms with E-state index in [0.29, 0.717) is 18.8 Å². The third-order valence-corrected chi connectivity index (χ3v) is 6.99. The van der Waals surface area contributed by atoms with Crippen molar-refractivity contribution in [1.82, 2.24) is 4.31 Å². The SMILES string of the molecule is COc1ccc(C(=O)OCC(=O)Nc2ccc(C)cc2C)cc1S(=O)(=O)N1CCCC1. The van der Waals surface area contributed by atoms with E-state index >= 15 is 0 Å². The third-order valence-electron chi connectivity index (χ3n) is 5.07. The van der Waals surface area contributed by atoms with E-state index in [1.54, 1.807) is 6.07 Å². The zero-order valence-electron chi connectivity index (χ0n) is 17.8. The van der Waals surface area contributed by atoms with E-state index in [0.717, 1.165) is 24.0 Å². The van der Waals surface area contributed by atoms with E-state index in [4.69, 9.17) is 9.47 Å². The summed E-state index contributed by atoms with van der Waals surface area (Å²) < 4.78 is 37.5. The molecule has 1 N–H and O–H groups in total. The van der Waals surface area contributed by atoms with Crippen molar-refractivity contribution in [3.05, 3.63) is 53.1 Å². The highest BCUT2D eigenvalue weighted by atomic mass is 32.2. The number of esters is 1. The average molecular weight is 447 g/mol. The van der Waals surface area contributed by atoms with Gasteiger partial charge in [0, 0.05) is 18.8 Å². The number of nitrogens with one attached hydrogen (secondary N) is 1. The van der Waals surface area contributed by atoms with Crippen molar-refractivity contribution >= 4 is 27.6 Å². The van der Waals surface area contributed by atoms with Crippen LogP contribution in [0.2, 0.25) is 0 Å². The van der Waals surface area contributed by atoms with Crippen LogP contribution in [-0.2, 0) is 19.6 Å². The molecule has 1 heterocycles. The van der Waals surface area contributed by atoms with Crippen LogP contribution in [-0.4, -0.2) is 51.4 Å². The van der Waals surface area contributed by atoms with Gasteiger partial charge in [0.15, 0.2) is 6.61 Å². The van der Waals surface area contributed by atoms with Crippen molar-refractivity contribution in [1.29, 1.82) is 0 Å². The highest BCUT2D eigenvalue weighted by molar-refractivity contribution is 7.89. The van der Waals surface area contributed by atoms with Crippen molar-refractivity contribution in [3.63, 3.8) is 0 Å². The minimum absolute atomic E-state index is 0.0258. The highest BCUT2D eigenvalue weighted by Gasteiger charge is 2.31. The number of hydrogen-bond acceptors (Lipinski definition) is 6. The minimum atomic E-state index is -3.80. The fourth-order valence-electron chi connectivity index (χ4n) is 3.43. The molecule has 3 rings (SSSR count). The molecule has 9 heteroatoms. The topological polar surface area (TPSA) is 102 Å². The van der Waals surface area contributed by atoms with Crippen LogP contribution in [0, 0.1) is 13.8 Å². The second-order valence-corrected chi connectivity index (χ2v) is 9.33. The molecule has 0 unspecified atom stereocenters. The van der Waals surface area contributed by atoms with E-state index in [9.17, 15) is 18.0 Å². The quantitative estimate of drug-likeness (QED) is 0.656. The van der Waals surface area contributed by atoms with Crippen LogP contribution in [0.5, 0.6) is 5.75 Å². The molecule has 2 aromatic carbocycles. The number of rotatable bonds is 7. The first kappa shape index (κ1) is 22.8. The van der Waals surface area contributed by atoms with Gasteiger partial charge in [0.2, 0.25) is 10.0 Å². The van der Waals surface area contributed by atoms with E-state index in [1.165, 1.54) is 29.6 Å². The fraction of sp³-hybridized carbons (Fsp3) is 0.364. The van der Waals surface area contributed by atoms with Gasteiger partial charge in [-0.15, -0.1) is 0 Å². The number of hydrogen-bond donors (Lipinski definition) is 1. The summed E-state index contributed by atoms with van der Waals surface area (Å²) in [6, 6.07) is 9.64. The van der Waals surface area contributed by atoms with Crippen molar-refractivity contribution < 1.29 is 27.5 Å². The number of methoxy groups -OCH3 is 1. The second-order valence-electron chi connectivity index (χ2n) is 7.42. The lowest BCUT2D eigenvalue weighted by Crippen LogP contribution is -2.28. The first-order chi connectivity index (χ1) is 14.7. The van der Waals surface area contributed by atoms with Crippen LogP contribution in [0.15, 0.2) is 41.3 Å². The number of amides is 1. The predicted octanol–water partition coefficient (Wildman–Crippen LogP) is 2.89. The Morgan fingerprint density at radius 1 is 1.06 bits per heavy atom. The van der Waals surface area contributed by atoms with Gasteiger partial charge in [-0.3, -0.25) is 4.79 Å². The minimum Gasteiger partial charge on any atom is -0.495 e. The molecule has 0 radical (unpaired) electrons. The lowest BCUT2D eigenvalue weighted by Gasteiger charge is -2.18. The standard InChI is InChI=1S/C22H26N2O6S/c1-15-6-8-18(16(2)12-15)23-21(25)14-30-22(26)17-7-9-19(29-3)20(13-17)31(27,28)24-10-4-5-11-24/h6-9,12-13H,4-5,10-11,14H2,1-3H3,(H,23,25). The third kappa shape index (κ3) is 5.23. The van der Waals surface area contributed by atoms with Gasteiger partial charge in [-0.05, 0) is 56.5 Å². The number of carbonyl (C=O) groups excluding carboxylic acids is 2. The number of sulfonamides is 1. The molecule has 8 nitrogen and oxygen atoms in total. The molecular formula is C22H26N2O6S. The van der Waals surface area contributed by atoms with Crippen LogP contribution in [0.3, 0.4) is 0 Å². The van der Waals surface area contributed by atoms with E-state index in [1.807, 2.05) is 26.0 Å². The van der Waals surface area contributed by atoms with Crippen molar-refractivity contribution in [2.45, 2.75) is 31.6 Å². The lowest BCUT2D eigenvalue weighted by molar-refractivity contribution is -0.119. The van der Waals surface area contributed by atoms with E-state index in [-0.39, 0.29) is 16.2 Å². The zero-order chi connectivity index (χ0) is 22.6. The molecule has 1 saturated heterocycles. The molecule has 0 aliphatic carbocycles. The molecular weight excluding hydrogens is 420 g/mol. The molecule has 1 aliphatic heterocycles. The number of ether oxygens (including phenoxy) is 2. The fourth-order valence-corrected chi connectivity index (χ4v) is 5.13. The summed E-state index contributed by atoms with van der Waals surface area (Å²) in [6.45, 7) is 4.19. The molecule has 0 spiro atoms. The number of anilines is 1. The summed E-state index contributed by atoms with van der Waals surface area (Å²) in [5.41, 5.74) is 2.63. The Bertz CT molecular complexity index is 1090. The summed E-state index contributed by atoms with van der Waals surface area (Å²) in [6.07, 6.45) is 1.58. The Hall–Kier alpha value is -2.91. The molecule has 2 aromatic rings. The van der Waals surface area contributed by atoms with Crippen molar-refractivity contribution in [2.75, 3.05) is 32.1 Å². The first-order valence-corrected chi connectivity index (χ1v) is 11.4. The number of aryl methyl sites for hydroxylation is 2. The Labute approximate surface area is 182 Å². The van der Waals surface area contributed by atoms with Gasteiger partial charge >= 0.3 is 5.97 Å². The lowest BCUT2D eigenvalue weighted by atomic mass is 10.1. The maximum atomic E-state index is 12.9. The summed E-state index contributed by atoms with van der Waals surface area (Å²) >= 11 is 0. The van der Waals surface area contributed by atoms with Crippen LogP contribution in [0.25, 0.3) is 0 Å². The molecule has 31 heavy (non-hydrogen) atoms. The monoisotopic (exact) mass is 446 g/mol. The van der Waals surface area contributed by atoms with Crippen molar-refractivity contribution in [2.24, 2.45) is 0 Å². The summed E-state index contributed by atoms with van der Waals surface area (Å²) in [5, 5.41) is 2.70. The Morgan fingerprint density at radius 2 is 1.77 bits per heavy atom. The normalized spacial score (nSPS) is 14.3. The predicted molar refractivity (Wildman–Crippen MR) is 116 cm³/mol. The molecule has 1 fully saturated rings.